The highest BCUT2D eigenvalue weighted by Crippen LogP contribution is 2.46. The van der Waals surface area contributed by atoms with Gasteiger partial charge in [0.1, 0.15) is 11.5 Å². The first-order valence-corrected chi connectivity index (χ1v) is 10.9. The third-order valence-corrected chi connectivity index (χ3v) is 5.92. The maximum Gasteiger partial charge on any atom is 0.135 e. The normalized spacial score (nSPS) is 19.2. The summed E-state index contributed by atoms with van der Waals surface area (Å²) in [5.41, 5.74) is 5.22. The van der Waals surface area contributed by atoms with E-state index in [4.69, 9.17) is 9.47 Å². The van der Waals surface area contributed by atoms with E-state index in [-0.39, 0.29) is 0 Å². The Bertz CT molecular complexity index is 1150. The number of benzene rings is 3. The average Bonchev–Trinajstić information content (AvgIpc) is 2.79. The first-order chi connectivity index (χ1) is 14.9. The van der Waals surface area contributed by atoms with Crippen molar-refractivity contribution < 1.29 is 9.47 Å². The van der Waals surface area contributed by atoms with Crippen LogP contribution in [0.1, 0.15) is 30.4 Å². The molecule has 0 N–H and O–H groups in total. The summed E-state index contributed by atoms with van der Waals surface area (Å²) < 4.78 is 12.5. The standard InChI is InChI=1S/C28H26O2/c1-2-4-10-20-30-26-18-16-22-12-6-8-14-24(22)28(26)27-23-13-7-5-11-21(23)15-17-25(27)29-19-9-3-1/h1-5,7,9,11,13,15-19H,6,8,10,12,14,20H2/b3-1-,4-2-,19-9-. The smallest absolute Gasteiger partial charge is 0.135 e. The summed E-state index contributed by atoms with van der Waals surface area (Å²) >= 11 is 0. The van der Waals surface area contributed by atoms with Crippen molar-refractivity contribution in [2.45, 2.75) is 32.1 Å². The van der Waals surface area contributed by atoms with Crippen LogP contribution in [0.25, 0.3) is 21.9 Å². The van der Waals surface area contributed by atoms with Gasteiger partial charge in [-0.05, 0) is 72.2 Å². The number of aryl methyl sites for hydroxylation is 1. The molecule has 0 saturated heterocycles. The first-order valence-electron chi connectivity index (χ1n) is 10.9. The van der Waals surface area contributed by atoms with Crippen LogP contribution in [-0.2, 0) is 12.8 Å². The fourth-order valence-electron chi connectivity index (χ4n) is 4.51. The minimum atomic E-state index is 0.660. The van der Waals surface area contributed by atoms with Crippen LogP contribution in [0.4, 0.5) is 0 Å². The highest BCUT2D eigenvalue weighted by Gasteiger charge is 2.23. The average molecular weight is 395 g/mol. The van der Waals surface area contributed by atoms with Crippen LogP contribution < -0.4 is 9.47 Å². The van der Waals surface area contributed by atoms with Gasteiger partial charge in [0.05, 0.1) is 12.9 Å². The summed E-state index contributed by atoms with van der Waals surface area (Å²) in [6, 6.07) is 17.2. The lowest BCUT2D eigenvalue weighted by Gasteiger charge is -2.24. The molecule has 0 saturated carbocycles. The van der Waals surface area contributed by atoms with Gasteiger partial charge in [0, 0.05) is 11.1 Å². The lowest BCUT2D eigenvalue weighted by Crippen LogP contribution is -2.08. The molecule has 0 amide bonds. The van der Waals surface area contributed by atoms with Crippen molar-refractivity contribution in [1.82, 2.24) is 0 Å². The number of allylic oxidation sites excluding steroid dienone is 4. The molecule has 0 atom stereocenters. The third-order valence-electron chi connectivity index (χ3n) is 5.92. The van der Waals surface area contributed by atoms with Gasteiger partial charge in [0.25, 0.3) is 0 Å². The Morgan fingerprint density at radius 2 is 1.57 bits per heavy atom. The summed E-state index contributed by atoms with van der Waals surface area (Å²) in [4.78, 5) is 0. The molecule has 1 aliphatic heterocycles. The number of hydrogen-bond acceptors (Lipinski definition) is 2. The largest absolute Gasteiger partial charge is 0.493 e. The topological polar surface area (TPSA) is 18.5 Å². The van der Waals surface area contributed by atoms with Crippen LogP contribution >= 0.6 is 0 Å². The fraction of sp³-hybridized carbons (Fsp3) is 0.214. The van der Waals surface area contributed by atoms with Crippen molar-refractivity contribution in [3.63, 3.8) is 0 Å². The van der Waals surface area contributed by atoms with Crippen molar-refractivity contribution >= 4 is 10.8 Å². The SMILES string of the molecule is C1=C\C=C/Oc2ccc3ccccc3c2-c2c(ccc3c2CCCC3)OCC\C=C/1. The molecular weight excluding hydrogens is 368 g/mol. The first kappa shape index (κ1) is 18.7. The molecule has 1 heterocycles. The lowest BCUT2D eigenvalue weighted by molar-refractivity contribution is 0.325. The summed E-state index contributed by atoms with van der Waals surface area (Å²) in [5, 5.41) is 2.42. The zero-order chi connectivity index (χ0) is 20.2. The Kier molecular flexibility index (Phi) is 5.39. The molecule has 0 aromatic heterocycles. The van der Waals surface area contributed by atoms with Gasteiger partial charge in [-0.3, -0.25) is 0 Å². The molecule has 0 unspecified atom stereocenters. The maximum atomic E-state index is 6.36. The highest BCUT2D eigenvalue weighted by molar-refractivity contribution is 6.02. The number of fused-ring (bicyclic) bond motifs is 7. The fourth-order valence-corrected chi connectivity index (χ4v) is 4.51. The second kappa shape index (κ2) is 8.62. The Labute approximate surface area is 178 Å². The Morgan fingerprint density at radius 1 is 0.700 bits per heavy atom. The molecule has 0 radical (unpaired) electrons. The van der Waals surface area contributed by atoms with Gasteiger partial charge in [0.15, 0.2) is 0 Å². The molecule has 0 bridgehead atoms. The minimum Gasteiger partial charge on any atom is -0.493 e. The van der Waals surface area contributed by atoms with E-state index >= 15 is 0 Å². The molecule has 5 rings (SSSR count). The van der Waals surface area contributed by atoms with Crippen LogP contribution in [0.5, 0.6) is 11.5 Å². The number of ether oxygens (including phenoxy) is 2. The van der Waals surface area contributed by atoms with Crippen molar-refractivity contribution in [3.8, 4) is 22.6 Å². The van der Waals surface area contributed by atoms with Gasteiger partial charge in [-0.1, -0.05) is 60.7 Å². The van der Waals surface area contributed by atoms with Crippen molar-refractivity contribution in [2.24, 2.45) is 0 Å². The lowest BCUT2D eigenvalue weighted by atomic mass is 9.83. The Morgan fingerprint density at radius 3 is 2.57 bits per heavy atom. The van der Waals surface area contributed by atoms with Crippen LogP contribution in [0.3, 0.4) is 0 Å². The molecule has 1 aliphatic carbocycles. The van der Waals surface area contributed by atoms with E-state index in [1.54, 1.807) is 6.26 Å². The maximum absolute atomic E-state index is 6.36. The predicted octanol–water partition coefficient (Wildman–Crippen LogP) is 7.17. The van der Waals surface area contributed by atoms with E-state index in [0.29, 0.717) is 6.61 Å². The van der Waals surface area contributed by atoms with Crippen LogP contribution in [0.2, 0.25) is 0 Å². The summed E-state index contributed by atoms with van der Waals surface area (Å²) in [6.07, 6.45) is 17.5. The van der Waals surface area contributed by atoms with E-state index in [9.17, 15) is 0 Å². The predicted molar refractivity (Wildman–Crippen MR) is 124 cm³/mol. The van der Waals surface area contributed by atoms with E-state index in [1.807, 2.05) is 18.2 Å². The molecule has 3 aromatic carbocycles. The monoisotopic (exact) mass is 394 g/mol. The zero-order valence-electron chi connectivity index (χ0n) is 17.1. The van der Waals surface area contributed by atoms with Gasteiger partial charge in [-0.2, -0.15) is 0 Å². The Hall–Kier alpha value is -3.26. The van der Waals surface area contributed by atoms with E-state index in [0.717, 1.165) is 36.3 Å². The highest BCUT2D eigenvalue weighted by atomic mass is 16.5. The van der Waals surface area contributed by atoms with Crippen molar-refractivity contribution in [2.75, 3.05) is 6.61 Å². The third kappa shape index (κ3) is 3.66. The second-order valence-corrected chi connectivity index (χ2v) is 7.84. The quantitative estimate of drug-likeness (QED) is 0.402. The molecule has 0 spiro atoms. The van der Waals surface area contributed by atoms with Crippen LogP contribution in [0.15, 0.2) is 85.2 Å². The molecule has 2 nitrogen and oxygen atoms in total. The van der Waals surface area contributed by atoms with Gasteiger partial charge in [-0.25, -0.2) is 0 Å². The zero-order valence-corrected chi connectivity index (χ0v) is 17.1. The summed E-state index contributed by atoms with van der Waals surface area (Å²) in [5.74, 6) is 1.83. The summed E-state index contributed by atoms with van der Waals surface area (Å²) in [7, 11) is 0. The molecule has 2 aliphatic rings. The van der Waals surface area contributed by atoms with Crippen LogP contribution in [-0.4, -0.2) is 6.61 Å². The molecular formula is C28H26O2. The molecule has 3 aromatic rings. The van der Waals surface area contributed by atoms with Gasteiger partial charge < -0.3 is 9.47 Å². The van der Waals surface area contributed by atoms with Crippen molar-refractivity contribution in [1.29, 1.82) is 0 Å². The van der Waals surface area contributed by atoms with Gasteiger partial charge in [-0.15, -0.1) is 0 Å². The van der Waals surface area contributed by atoms with Crippen LogP contribution in [0, 0.1) is 0 Å². The summed E-state index contributed by atoms with van der Waals surface area (Å²) in [6.45, 7) is 0.660. The number of rotatable bonds is 0. The van der Waals surface area contributed by atoms with E-state index in [1.165, 1.54) is 40.3 Å². The minimum absolute atomic E-state index is 0.660. The van der Waals surface area contributed by atoms with E-state index < -0.39 is 0 Å². The van der Waals surface area contributed by atoms with Crippen molar-refractivity contribution in [3.05, 3.63) is 96.3 Å². The van der Waals surface area contributed by atoms with Gasteiger partial charge >= 0.3 is 0 Å². The second-order valence-electron chi connectivity index (χ2n) is 7.84. The van der Waals surface area contributed by atoms with E-state index in [2.05, 4.69) is 60.7 Å². The Balaban J connectivity index is 1.79. The van der Waals surface area contributed by atoms with Gasteiger partial charge in [0.2, 0.25) is 0 Å². The molecule has 30 heavy (non-hydrogen) atoms. The molecule has 0 fully saturated rings. The molecule has 150 valence electrons. The molecule has 2 heteroatoms. The number of hydrogen-bond donors (Lipinski definition) is 0.